The highest BCUT2D eigenvalue weighted by molar-refractivity contribution is 7.80. The van der Waals surface area contributed by atoms with Gasteiger partial charge in [0.1, 0.15) is 0 Å². The van der Waals surface area contributed by atoms with Crippen molar-refractivity contribution in [2.45, 2.75) is 82.7 Å². The van der Waals surface area contributed by atoms with Crippen molar-refractivity contribution >= 4 is 34.7 Å². The second kappa shape index (κ2) is 10.7. The van der Waals surface area contributed by atoms with Crippen molar-refractivity contribution in [1.29, 1.82) is 0 Å². The quantitative estimate of drug-likeness (QED) is 0.373. The van der Waals surface area contributed by atoms with Gasteiger partial charge in [-0.25, -0.2) is 0 Å². The Labute approximate surface area is 223 Å². The van der Waals surface area contributed by atoms with Gasteiger partial charge in [0, 0.05) is 38.3 Å². The third kappa shape index (κ3) is 5.58. The van der Waals surface area contributed by atoms with Gasteiger partial charge in [0.25, 0.3) is 0 Å². The van der Waals surface area contributed by atoms with Gasteiger partial charge in [-0.2, -0.15) is 0 Å². The highest BCUT2D eigenvalue weighted by Gasteiger charge is 2.37. The van der Waals surface area contributed by atoms with E-state index in [9.17, 15) is 0 Å². The molecule has 0 aromatic carbocycles. The monoisotopic (exact) mass is 512 g/mol. The second-order valence-electron chi connectivity index (χ2n) is 12.5. The predicted octanol–water partition coefficient (Wildman–Crippen LogP) is 5.26. The zero-order valence-corrected chi connectivity index (χ0v) is 22.9. The minimum absolute atomic E-state index is 0.585. The topological polar surface area (TPSA) is 30.5 Å². The van der Waals surface area contributed by atoms with Crippen LogP contribution in [0.2, 0.25) is 0 Å². The second-order valence-corrected chi connectivity index (χ2v) is 13.2. The highest BCUT2D eigenvalue weighted by Crippen LogP contribution is 2.40. The van der Waals surface area contributed by atoms with E-state index in [0.717, 1.165) is 60.1 Å². The molecule has 2 saturated carbocycles. The van der Waals surface area contributed by atoms with Gasteiger partial charge in [-0.05, 0) is 111 Å². The van der Waals surface area contributed by atoms with Crippen LogP contribution in [0.15, 0.2) is 24.3 Å². The van der Waals surface area contributed by atoms with Crippen LogP contribution in [0.1, 0.15) is 70.6 Å². The van der Waals surface area contributed by atoms with E-state index in [1.165, 1.54) is 70.6 Å². The molecule has 4 nitrogen and oxygen atoms in total. The minimum atomic E-state index is 0.585. The fourth-order valence-corrected chi connectivity index (χ4v) is 8.61. The summed E-state index contributed by atoms with van der Waals surface area (Å²) in [7, 11) is 0. The van der Waals surface area contributed by atoms with Gasteiger partial charge < -0.3 is 20.4 Å². The molecule has 0 aromatic heterocycles. The maximum Gasteiger partial charge on any atom is 0.169 e. The van der Waals surface area contributed by atoms with E-state index < -0.39 is 0 Å². The van der Waals surface area contributed by atoms with Crippen molar-refractivity contribution in [3.05, 3.63) is 24.3 Å². The summed E-state index contributed by atoms with van der Waals surface area (Å²) < 4.78 is 0. The Morgan fingerprint density at radius 1 is 0.629 bits per heavy atom. The Bertz CT molecular complexity index is 772. The van der Waals surface area contributed by atoms with E-state index in [4.69, 9.17) is 24.4 Å². The number of piperidine rings is 2. The first-order valence-electron chi connectivity index (χ1n) is 14.6. The van der Waals surface area contributed by atoms with E-state index in [2.05, 4.69) is 44.7 Å². The van der Waals surface area contributed by atoms with E-state index in [1.54, 1.807) is 0 Å². The molecule has 0 spiro atoms. The molecule has 0 amide bonds. The summed E-state index contributed by atoms with van der Waals surface area (Å²) in [6.45, 7) is 4.59. The van der Waals surface area contributed by atoms with Crippen LogP contribution in [0, 0.1) is 35.5 Å². The molecule has 4 bridgehead atoms. The van der Waals surface area contributed by atoms with Crippen LogP contribution >= 0.6 is 24.4 Å². The third-order valence-corrected chi connectivity index (χ3v) is 11.0. The van der Waals surface area contributed by atoms with Crippen molar-refractivity contribution in [1.82, 2.24) is 20.4 Å². The first-order valence-corrected chi connectivity index (χ1v) is 15.4. The SMILES string of the molecule is S=C(N[C@H]1C[C@H]2C=C[C@H]1C2)N1CCC(CCCC2CCN(C(=S)N[C@H]3C[C@H]4C=C[C@H]3C4)CC2)CC1. The molecular weight excluding hydrogens is 468 g/mol. The molecule has 4 fully saturated rings. The molecule has 0 aromatic rings. The number of hydrogen-bond donors (Lipinski definition) is 2. The maximum absolute atomic E-state index is 5.79. The normalized spacial score (nSPS) is 36.3. The van der Waals surface area contributed by atoms with Crippen LogP contribution < -0.4 is 10.6 Å². The maximum atomic E-state index is 5.79. The Hall–Kier alpha value is -1.14. The lowest BCUT2D eigenvalue weighted by molar-refractivity contribution is 0.224. The zero-order valence-electron chi connectivity index (χ0n) is 21.2. The summed E-state index contributed by atoms with van der Waals surface area (Å²) in [6, 6.07) is 1.17. The van der Waals surface area contributed by atoms with Gasteiger partial charge >= 0.3 is 0 Å². The number of rotatable bonds is 6. The molecule has 6 atom stereocenters. The third-order valence-electron chi connectivity index (χ3n) is 10.2. The van der Waals surface area contributed by atoms with Gasteiger partial charge in [-0.1, -0.05) is 43.6 Å². The van der Waals surface area contributed by atoms with Crippen LogP contribution in [0.4, 0.5) is 0 Å². The largest absolute Gasteiger partial charge is 0.359 e. The summed E-state index contributed by atoms with van der Waals surface area (Å²) in [5.41, 5.74) is 0. The Balaban J connectivity index is 0.835. The van der Waals surface area contributed by atoms with Crippen molar-refractivity contribution < 1.29 is 0 Å². The average molecular weight is 513 g/mol. The van der Waals surface area contributed by atoms with E-state index >= 15 is 0 Å². The number of nitrogens with one attached hydrogen (secondary N) is 2. The molecule has 6 rings (SSSR count). The molecular formula is C29H44N4S2. The van der Waals surface area contributed by atoms with Gasteiger partial charge in [-0.15, -0.1) is 0 Å². The summed E-state index contributed by atoms with van der Waals surface area (Å²) in [5.74, 6) is 4.83. The number of allylic oxidation sites excluding steroid dienone is 2. The van der Waals surface area contributed by atoms with Crippen molar-refractivity contribution in [2.75, 3.05) is 26.2 Å². The number of hydrogen-bond acceptors (Lipinski definition) is 2. The van der Waals surface area contributed by atoms with Crippen LogP contribution in [-0.4, -0.2) is 58.3 Å². The molecule has 0 unspecified atom stereocenters. The molecule has 2 saturated heterocycles. The molecule has 6 aliphatic rings. The lowest BCUT2D eigenvalue weighted by atomic mass is 9.87. The molecule has 2 heterocycles. The van der Waals surface area contributed by atoms with Crippen LogP contribution in [-0.2, 0) is 0 Å². The predicted molar refractivity (Wildman–Crippen MR) is 152 cm³/mol. The van der Waals surface area contributed by atoms with Crippen LogP contribution in [0.25, 0.3) is 0 Å². The smallest absolute Gasteiger partial charge is 0.169 e. The lowest BCUT2D eigenvalue weighted by Gasteiger charge is -2.37. The number of fused-ring (bicyclic) bond motifs is 4. The lowest BCUT2D eigenvalue weighted by Crippen LogP contribution is -2.48. The summed E-state index contributed by atoms with van der Waals surface area (Å²) in [5, 5.41) is 9.45. The first kappa shape index (κ1) is 24.2. The Kier molecular flexibility index (Phi) is 7.39. The van der Waals surface area contributed by atoms with Crippen molar-refractivity contribution in [3.8, 4) is 0 Å². The van der Waals surface area contributed by atoms with Gasteiger partial charge in [0.05, 0.1) is 0 Å². The number of likely N-dealkylation sites (tertiary alicyclic amines) is 2. The molecule has 35 heavy (non-hydrogen) atoms. The minimum Gasteiger partial charge on any atom is -0.359 e. The fourth-order valence-electron chi connectivity index (χ4n) is 7.94. The van der Waals surface area contributed by atoms with Crippen molar-refractivity contribution in [2.24, 2.45) is 35.5 Å². The standard InChI is InChI=1S/C29H44N4S2/c34-28(30-26-18-22-4-6-24(26)16-22)32-12-8-20(9-13-32)2-1-3-21-10-14-33(15-11-21)29(35)31-27-19-23-5-7-25(27)17-23/h4-7,20-27H,1-3,8-19H2,(H,30,34)(H,31,35)/t22-,23-,24-,25-,26-,27-/m0/s1. The van der Waals surface area contributed by atoms with Gasteiger partial charge in [0.2, 0.25) is 0 Å². The van der Waals surface area contributed by atoms with E-state index in [-0.39, 0.29) is 0 Å². The summed E-state index contributed by atoms with van der Waals surface area (Å²) in [6.07, 6.45) is 24.3. The van der Waals surface area contributed by atoms with Crippen molar-refractivity contribution in [3.63, 3.8) is 0 Å². The highest BCUT2D eigenvalue weighted by atomic mass is 32.1. The molecule has 6 heteroatoms. The zero-order chi connectivity index (χ0) is 23.8. The molecule has 4 aliphatic carbocycles. The van der Waals surface area contributed by atoms with Crippen LogP contribution in [0.3, 0.4) is 0 Å². The van der Waals surface area contributed by atoms with Crippen LogP contribution in [0.5, 0.6) is 0 Å². The Morgan fingerprint density at radius 3 is 1.40 bits per heavy atom. The fraction of sp³-hybridized carbons (Fsp3) is 0.793. The molecule has 2 aliphatic heterocycles. The van der Waals surface area contributed by atoms with Gasteiger partial charge in [-0.3, -0.25) is 0 Å². The van der Waals surface area contributed by atoms with Gasteiger partial charge in [0.15, 0.2) is 10.2 Å². The molecule has 0 radical (unpaired) electrons. The number of thiocarbonyl (C=S) groups is 2. The first-order chi connectivity index (χ1) is 17.1. The molecule has 2 N–H and O–H groups in total. The summed E-state index contributed by atoms with van der Waals surface area (Å²) in [4.78, 5) is 4.89. The number of nitrogens with zero attached hydrogens (tertiary/aromatic N) is 2. The summed E-state index contributed by atoms with van der Waals surface area (Å²) >= 11 is 11.6. The van der Waals surface area contributed by atoms with E-state index in [0.29, 0.717) is 23.9 Å². The average Bonchev–Trinajstić information content (AvgIpc) is 3.68. The Morgan fingerprint density at radius 2 is 1.06 bits per heavy atom. The van der Waals surface area contributed by atoms with E-state index in [1.807, 2.05) is 0 Å². The molecule has 192 valence electrons.